The molecular formula is C26H23F2N5O. The lowest BCUT2D eigenvalue weighted by Gasteiger charge is -2.23. The van der Waals surface area contributed by atoms with Crippen LogP contribution in [-0.4, -0.2) is 33.9 Å². The highest BCUT2D eigenvalue weighted by Crippen LogP contribution is 2.28. The van der Waals surface area contributed by atoms with Gasteiger partial charge in [0, 0.05) is 46.2 Å². The van der Waals surface area contributed by atoms with Crippen LogP contribution in [0.4, 0.5) is 14.6 Å². The summed E-state index contributed by atoms with van der Waals surface area (Å²) in [4.78, 5) is 25.5. The highest BCUT2D eigenvalue weighted by molar-refractivity contribution is 6.04. The van der Waals surface area contributed by atoms with E-state index in [1.807, 2.05) is 18.2 Å². The van der Waals surface area contributed by atoms with Crippen molar-refractivity contribution in [1.29, 1.82) is 0 Å². The summed E-state index contributed by atoms with van der Waals surface area (Å²) in [5.41, 5.74) is 3.44. The second-order valence-electron chi connectivity index (χ2n) is 8.40. The van der Waals surface area contributed by atoms with Crippen LogP contribution in [0.25, 0.3) is 22.0 Å². The van der Waals surface area contributed by atoms with Crippen LogP contribution in [0.5, 0.6) is 0 Å². The number of rotatable bonds is 5. The Balaban J connectivity index is 1.38. The van der Waals surface area contributed by atoms with Gasteiger partial charge in [-0.25, -0.2) is 13.8 Å². The van der Waals surface area contributed by atoms with Crippen molar-refractivity contribution < 1.29 is 13.6 Å². The molecule has 172 valence electrons. The fourth-order valence-corrected chi connectivity index (χ4v) is 4.27. The molecule has 0 bridgehead atoms. The lowest BCUT2D eigenvalue weighted by Crippen LogP contribution is -2.26. The van der Waals surface area contributed by atoms with Crippen molar-refractivity contribution in [2.24, 2.45) is 0 Å². The van der Waals surface area contributed by atoms with Crippen LogP contribution in [0.15, 0.2) is 67.3 Å². The summed E-state index contributed by atoms with van der Waals surface area (Å²) in [6, 6.07) is 12.7. The molecular weight excluding hydrogens is 436 g/mol. The van der Waals surface area contributed by atoms with Gasteiger partial charge in [-0.1, -0.05) is 12.1 Å². The molecule has 2 N–H and O–H groups in total. The van der Waals surface area contributed by atoms with Gasteiger partial charge in [0.25, 0.3) is 12.3 Å². The number of carbonyl (C=O) groups excluding carboxylic acids is 1. The van der Waals surface area contributed by atoms with Gasteiger partial charge in [-0.2, -0.15) is 0 Å². The van der Waals surface area contributed by atoms with Gasteiger partial charge in [-0.3, -0.25) is 14.8 Å². The third kappa shape index (κ3) is 4.77. The number of nitrogens with zero attached hydrogens (tertiary/aromatic N) is 3. The number of alkyl halides is 2. The number of hydrogen-bond acceptors (Lipinski definition) is 5. The molecule has 0 saturated carbocycles. The minimum absolute atomic E-state index is 0.146. The molecule has 5 rings (SSSR count). The normalized spacial score (nSPS) is 14.4. The van der Waals surface area contributed by atoms with Crippen LogP contribution < -0.4 is 10.6 Å². The molecule has 3 aromatic heterocycles. The van der Waals surface area contributed by atoms with E-state index in [2.05, 4.69) is 31.7 Å². The first kappa shape index (κ1) is 22.0. The molecule has 4 aromatic rings. The molecule has 1 aliphatic heterocycles. The van der Waals surface area contributed by atoms with E-state index in [1.165, 1.54) is 17.8 Å². The first-order chi connectivity index (χ1) is 16.6. The van der Waals surface area contributed by atoms with E-state index in [0.717, 1.165) is 37.5 Å². The van der Waals surface area contributed by atoms with E-state index in [9.17, 15) is 13.6 Å². The zero-order valence-corrected chi connectivity index (χ0v) is 18.3. The number of carbonyl (C=O) groups is 1. The molecule has 1 saturated heterocycles. The number of halogens is 2. The maximum atomic E-state index is 13.1. The third-order valence-electron chi connectivity index (χ3n) is 6.11. The Morgan fingerprint density at radius 2 is 1.79 bits per heavy atom. The molecule has 1 aliphatic rings. The first-order valence-corrected chi connectivity index (χ1v) is 11.2. The maximum Gasteiger partial charge on any atom is 0.265 e. The van der Waals surface area contributed by atoms with Gasteiger partial charge in [0.15, 0.2) is 0 Å². The Kier molecular flexibility index (Phi) is 6.22. The van der Waals surface area contributed by atoms with Crippen LogP contribution in [0, 0.1) is 0 Å². The third-order valence-corrected chi connectivity index (χ3v) is 6.11. The minimum Gasteiger partial charge on any atom is -0.317 e. The van der Waals surface area contributed by atoms with Gasteiger partial charge >= 0.3 is 0 Å². The molecule has 1 aromatic carbocycles. The van der Waals surface area contributed by atoms with Crippen LogP contribution >= 0.6 is 0 Å². The number of pyridine rings is 3. The van der Waals surface area contributed by atoms with Gasteiger partial charge in [-0.05, 0) is 67.7 Å². The fourth-order valence-electron chi connectivity index (χ4n) is 4.27. The van der Waals surface area contributed by atoms with Crippen molar-refractivity contribution >= 4 is 22.6 Å². The predicted molar refractivity (Wildman–Crippen MR) is 127 cm³/mol. The topological polar surface area (TPSA) is 79.8 Å². The number of anilines is 1. The smallest absolute Gasteiger partial charge is 0.265 e. The summed E-state index contributed by atoms with van der Waals surface area (Å²) >= 11 is 0. The van der Waals surface area contributed by atoms with E-state index < -0.39 is 6.43 Å². The Bertz CT molecular complexity index is 1340. The zero-order chi connectivity index (χ0) is 23.5. The number of fused-ring (bicyclic) bond motifs is 1. The Morgan fingerprint density at radius 1 is 0.971 bits per heavy atom. The first-order valence-electron chi connectivity index (χ1n) is 11.2. The Morgan fingerprint density at radius 3 is 2.62 bits per heavy atom. The molecule has 8 heteroatoms. The molecule has 0 radical (unpaired) electrons. The molecule has 1 fully saturated rings. The highest BCUT2D eigenvalue weighted by Gasteiger charge is 2.17. The van der Waals surface area contributed by atoms with Gasteiger partial charge in [-0.15, -0.1) is 0 Å². The zero-order valence-electron chi connectivity index (χ0n) is 18.3. The number of aromatic nitrogens is 3. The van der Waals surface area contributed by atoms with Crippen molar-refractivity contribution in [1.82, 2.24) is 20.3 Å². The molecule has 0 spiro atoms. The molecule has 34 heavy (non-hydrogen) atoms. The predicted octanol–water partition coefficient (Wildman–Crippen LogP) is 5.35. The molecule has 4 heterocycles. The number of piperidine rings is 1. The van der Waals surface area contributed by atoms with Gasteiger partial charge in [0.05, 0.1) is 11.7 Å². The summed E-state index contributed by atoms with van der Waals surface area (Å²) in [7, 11) is 0. The van der Waals surface area contributed by atoms with E-state index in [4.69, 9.17) is 0 Å². The second-order valence-corrected chi connectivity index (χ2v) is 8.40. The van der Waals surface area contributed by atoms with E-state index in [-0.39, 0.29) is 11.5 Å². The van der Waals surface area contributed by atoms with Gasteiger partial charge in [0.2, 0.25) is 0 Å². The van der Waals surface area contributed by atoms with Crippen molar-refractivity contribution in [3.63, 3.8) is 0 Å². The molecule has 1 amide bonds. The summed E-state index contributed by atoms with van der Waals surface area (Å²) < 4.78 is 26.1. The number of benzene rings is 1. The van der Waals surface area contributed by atoms with Crippen LogP contribution in [0.3, 0.4) is 0 Å². The average Bonchev–Trinajstić information content (AvgIpc) is 2.89. The summed E-state index contributed by atoms with van der Waals surface area (Å²) in [6.45, 7) is 1.97. The number of nitrogens with one attached hydrogen (secondary N) is 2. The van der Waals surface area contributed by atoms with Gasteiger partial charge in [0.1, 0.15) is 5.82 Å². The fraction of sp³-hybridized carbons (Fsp3) is 0.231. The van der Waals surface area contributed by atoms with Crippen LogP contribution in [0.2, 0.25) is 0 Å². The lowest BCUT2D eigenvalue weighted by molar-refractivity contribution is 0.102. The highest BCUT2D eigenvalue weighted by atomic mass is 19.3. The van der Waals surface area contributed by atoms with Gasteiger partial charge < -0.3 is 10.6 Å². The minimum atomic E-state index is -2.60. The van der Waals surface area contributed by atoms with Crippen LogP contribution in [-0.2, 0) is 0 Å². The Labute approximate surface area is 195 Å². The SMILES string of the molecule is O=C(Nc1cc2cc(-c3cncc(C(F)F)c3)cnc2cn1)c1cccc(C2CCNCC2)c1. The van der Waals surface area contributed by atoms with Crippen molar-refractivity contribution in [2.45, 2.75) is 25.2 Å². The summed E-state index contributed by atoms with van der Waals surface area (Å²) in [5.74, 6) is 0.610. The van der Waals surface area contributed by atoms with Crippen molar-refractivity contribution in [3.8, 4) is 11.1 Å². The van der Waals surface area contributed by atoms with Crippen molar-refractivity contribution in [3.05, 3.63) is 83.9 Å². The van der Waals surface area contributed by atoms with Crippen molar-refractivity contribution in [2.75, 3.05) is 18.4 Å². The number of hydrogen-bond donors (Lipinski definition) is 2. The molecule has 6 nitrogen and oxygen atoms in total. The molecule has 0 atom stereocenters. The average molecular weight is 460 g/mol. The number of amides is 1. The second kappa shape index (κ2) is 9.61. The van der Waals surface area contributed by atoms with Crippen LogP contribution in [0.1, 0.15) is 46.7 Å². The standard InChI is InChI=1S/C26H23F2N5O/c27-25(28)22-10-20(12-30-13-22)21-9-19-11-24(32-15-23(19)31-14-21)33-26(34)18-3-1-2-17(8-18)16-4-6-29-7-5-16/h1-3,8-16,25,29H,4-7H2,(H,32,33,34). The largest absolute Gasteiger partial charge is 0.317 e. The quantitative estimate of drug-likeness (QED) is 0.421. The molecule has 0 aliphatic carbocycles. The monoisotopic (exact) mass is 459 g/mol. The molecule has 0 unspecified atom stereocenters. The Hall–Kier alpha value is -3.78. The van der Waals surface area contributed by atoms with E-state index in [1.54, 1.807) is 24.5 Å². The summed E-state index contributed by atoms with van der Waals surface area (Å²) in [5, 5.41) is 6.95. The van der Waals surface area contributed by atoms with E-state index in [0.29, 0.717) is 33.9 Å². The van der Waals surface area contributed by atoms with E-state index >= 15 is 0 Å². The lowest BCUT2D eigenvalue weighted by atomic mass is 9.89. The maximum absolute atomic E-state index is 13.1. The summed E-state index contributed by atoms with van der Waals surface area (Å²) in [6.07, 6.45) is 5.37.